The van der Waals surface area contributed by atoms with Gasteiger partial charge in [0, 0.05) is 12.2 Å². The van der Waals surface area contributed by atoms with Gasteiger partial charge in [0.25, 0.3) is 0 Å². The molecule has 0 aliphatic heterocycles. The second kappa shape index (κ2) is 3.30. The van der Waals surface area contributed by atoms with Gasteiger partial charge < -0.3 is 16.8 Å². The molecule has 1 aromatic heterocycles. The van der Waals surface area contributed by atoms with Crippen LogP contribution in [0.4, 0.5) is 17.2 Å². The average Bonchev–Trinajstić information content (AvgIpc) is 1.98. The second-order valence-electron chi connectivity index (χ2n) is 2.96. The molecule has 0 unspecified atom stereocenters. The van der Waals surface area contributed by atoms with Gasteiger partial charge in [0.05, 0.1) is 11.4 Å². The molecular weight excluding hydrogens is 152 g/mol. The van der Waals surface area contributed by atoms with E-state index >= 15 is 0 Å². The Morgan fingerprint density at radius 3 is 2.67 bits per heavy atom. The van der Waals surface area contributed by atoms with Crippen LogP contribution in [-0.2, 0) is 0 Å². The highest BCUT2D eigenvalue weighted by molar-refractivity contribution is 5.75. The Balaban J connectivity index is 2.92. The minimum absolute atomic E-state index is 0.342. The molecule has 5 N–H and O–H groups in total. The fourth-order valence-electron chi connectivity index (χ4n) is 0.926. The van der Waals surface area contributed by atoms with E-state index in [2.05, 4.69) is 10.3 Å². The van der Waals surface area contributed by atoms with Gasteiger partial charge in [0.1, 0.15) is 5.82 Å². The normalized spacial score (nSPS) is 10.2. The topological polar surface area (TPSA) is 77.0 Å². The molecule has 0 aliphatic carbocycles. The number of nitrogen functional groups attached to an aromatic ring is 2. The van der Waals surface area contributed by atoms with Crippen molar-refractivity contribution >= 4 is 17.2 Å². The molecule has 1 aromatic rings. The molecule has 0 atom stereocenters. The third kappa shape index (κ3) is 1.78. The number of rotatable bonds is 2. The molecule has 0 aliphatic rings. The van der Waals surface area contributed by atoms with Crippen LogP contribution in [0.5, 0.6) is 0 Å². The van der Waals surface area contributed by atoms with E-state index in [0.717, 1.165) is 5.69 Å². The summed E-state index contributed by atoms with van der Waals surface area (Å²) in [7, 11) is 0. The summed E-state index contributed by atoms with van der Waals surface area (Å²) in [5.41, 5.74) is 12.6. The highest BCUT2D eigenvalue weighted by Crippen LogP contribution is 2.22. The summed E-state index contributed by atoms with van der Waals surface area (Å²) >= 11 is 0. The highest BCUT2D eigenvalue weighted by Gasteiger charge is 2.03. The Kier molecular flexibility index (Phi) is 2.38. The lowest BCUT2D eigenvalue weighted by Crippen LogP contribution is -2.12. The third-order valence-electron chi connectivity index (χ3n) is 1.47. The molecule has 0 aromatic carbocycles. The van der Waals surface area contributed by atoms with Crippen molar-refractivity contribution in [2.24, 2.45) is 0 Å². The van der Waals surface area contributed by atoms with Crippen LogP contribution >= 0.6 is 0 Å². The van der Waals surface area contributed by atoms with Crippen molar-refractivity contribution in [3.63, 3.8) is 0 Å². The SMILES string of the molecule is CC(C)Nc1ccnc(N)c1N. The number of hydrogen-bond donors (Lipinski definition) is 3. The van der Waals surface area contributed by atoms with Crippen molar-refractivity contribution in [1.82, 2.24) is 4.98 Å². The van der Waals surface area contributed by atoms with Gasteiger partial charge in [-0.15, -0.1) is 0 Å². The molecule has 0 amide bonds. The maximum Gasteiger partial charge on any atom is 0.148 e. The Morgan fingerprint density at radius 2 is 2.08 bits per heavy atom. The second-order valence-corrected chi connectivity index (χ2v) is 2.96. The molecule has 0 bridgehead atoms. The average molecular weight is 166 g/mol. The molecule has 12 heavy (non-hydrogen) atoms. The van der Waals surface area contributed by atoms with E-state index in [-0.39, 0.29) is 0 Å². The summed E-state index contributed by atoms with van der Waals surface area (Å²) in [5, 5.41) is 3.17. The van der Waals surface area contributed by atoms with E-state index in [1.54, 1.807) is 6.20 Å². The predicted octanol–water partition coefficient (Wildman–Crippen LogP) is 1.07. The van der Waals surface area contributed by atoms with Crippen molar-refractivity contribution in [2.75, 3.05) is 16.8 Å². The Labute approximate surface area is 72.0 Å². The number of anilines is 3. The molecule has 66 valence electrons. The fraction of sp³-hybridized carbons (Fsp3) is 0.375. The summed E-state index contributed by atoms with van der Waals surface area (Å²) < 4.78 is 0. The van der Waals surface area contributed by atoms with Gasteiger partial charge in [0.15, 0.2) is 0 Å². The molecule has 0 radical (unpaired) electrons. The van der Waals surface area contributed by atoms with Crippen molar-refractivity contribution in [1.29, 1.82) is 0 Å². The lowest BCUT2D eigenvalue weighted by molar-refractivity contribution is 0.900. The molecule has 4 heteroatoms. The molecule has 1 rings (SSSR count). The van der Waals surface area contributed by atoms with Crippen molar-refractivity contribution in [2.45, 2.75) is 19.9 Å². The largest absolute Gasteiger partial charge is 0.394 e. The van der Waals surface area contributed by atoms with Crippen molar-refractivity contribution in [3.8, 4) is 0 Å². The zero-order valence-electron chi connectivity index (χ0n) is 7.33. The van der Waals surface area contributed by atoms with E-state index in [0.29, 0.717) is 17.5 Å². The summed E-state index contributed by atoms with van der Waals surface area (Å²) in [4.78, 5) is 3.86. The first-order valence-electron chi connectivity index (χ1n) is 3.87. The number of pyridine rings is 1. The first kappa shape index (κ1) is 8.64. The number of nitrogens with zero attached hydrogens (tertiary/aromatic N) is 1. The summed E-state index contributed by atoms with van der Waals surface area (Å²) in [6.45, 7) is 4.08. The third-order valence-corrected chi connectivity index (χ3v) is 1.47. The van der Waals surface area contributed by atoms with Gasteiger partial charge in [-0.1, -0.05) is 0 Å². The molecule has 4 nitrogen and oxygen atoms in total. The van der Waals surface area contributed by atoms with Crippen molar-refractivity contribution < 1.29 is 0 Å². The van der Waals surface area contributed by atoms with E-state index in [1.807, 2.05) is 19.9 Å². The van der Waals surface area contributed by atoms with Gasteiger partial charge in [-0.05, 0) is 19.9 Å². The van der Waals surface area contributed by atoms with Gasteiger partial charge in [-0.3, -0.25) is 0 Å². The lowest BCUT2D eigenvalue weighted by atomic mass is 10.3. The van der Waals surface area contributed by atoms with Crippen LogP contribution in [0.15, 0.2) is 12.3 Å². The lowest BCUT2D eigenvalue weighted by Gasteiger charge is -2.12. The number of nitrogens with two attached hydrogens (primary N) is 2. The molecule has 0 spiro atoms. The van der Waals surface area contributed by atoms with Gasteiger partial charge in [-0.25, -0.2) is 4.98 Å². The molecule has 0 saturated carbocycles. The Morgan fingerprint density at radius 1 is 1.42 bits per heavy atom. The number of hydrogen-bond acceptors (Lipinski definition) is 4. The van der Waals surface area contributed by atoms with Crippen molar-refractivity contribution in [3.05, 3.63) is 12.3 Å². The number of aromatic nitrogens is 1. The zero-order valence-corrected chi connectivity index (χ0v) is 7.33. The first-order chi connectivity index (χ1) is 5.61. The molecule has 1 heterocycles. The van der Waals surface area contributed by atoms with Crippen LogP contribution in [0.25, 0.3) is 0 Å². The highest BCUT2D eigenvalue weighted by atomic mass is 15.0. The smallest absolute Gasteiger partial charge is 0.148 e. The Hall–Kier alpha value is -1.45. The maximum absolute atomic E-state index is 5.68. The Bertz CT molecular complexity index is 270. The summed E-state index contributed by atoms with van der Waals surface area (Å²) in [6.07, 6.45) is 1.64. The summed E-state index contributed by atoms with van der Waals surface area (Å²) in [5.74, 6) is 0.376. The van der Waals surface area contributed by atoms with Crippen LogP contribution in [0.1, 0.15) is 13.8 Å². The van der Waals surface area contributed by atoms with Crippen LogP contribution < -0.4 is 16.8 Å². The molecule has 0 saturated heterocycles. The quantitative estimate of drug-likeness (QED) is 0.614. The maximum atomic E-state index is 5.68. The van der Waals surface area contributed by atoms with Crippen LogP contribution in [0, 0.1) is 0 Å². The minimum Gasteiger partial charge on any atom is -0.394 e. The minimum atomic E-state index is 0.342. The van der Waals surface area contributed by atoms with E-state index < -0.39 is 0 Å². The monoisotopic (exact) mass is 166 g/mol. The predicted molar refractivity (Wildman–Crippen MR) is 51.8 cm³/mol. The van der Waals surface area contributed by atoms with E-state index in [1.165, 1.54) is 0 Å². The van der Waals surface area contributed by atoms with E-state index in [4.69, 9.17) is 11.5 Å². The van der Waals surface area contributed by atoms with Gasteiger partial charge >= 0.3 is 0 Å². The molecule has 0 fully saturated rings. The molecular formula is C8H14N4. The van der Waals surface area contributed by atoms with Gasteiger partial charge in [0.2, 0.25) is 0 Å². The van der Waals surface area contributed by atoms with Crippen LogP contribution in [0.2, 0.25) is 0 Å². The zero-order chi connectivity index (χ0) is 9.14. The summed E-state index contributed by atoms with van der Waals surface area (Å²) in [6, 6.07) is 2.15. The number of nitrogens with one attached hydrogen (secondary N) is 1. The van der Waals surface area contributed by atoms with E-state index in [9.17, 15) is 0 Å². The van der Waals surface area contributed by atoms with Crippen LogP contribution in [-0.4, -0.2) is 11.0 Å². The van der Waals surface area contributed by atoms with Crippen LogP contribution in [0.3, 0.4) is 0 Å². The first-order valence-corrected chi connectivity index (χ1v) is 3.87. The van der Waals surface area contributed by atoms with Gasteiger partial charge in [-0.2, -0.15) is 0 Å². The standard InChI is InChI=1S/C8H14N4/c1-5(2)12-6-3-4-11-8(10)7(6)9/h3-5H,9H2,1-2H3,(H3,10,11,12). The fourth-order valence-corrected chi connectivity index (χ4v) is 0.926.